The minimum atomic E-state index is -3.59. The summed E-state index contributed by atoms with van der Waals surface area (Å²) < 4.78 is 36.1. The maximum atomic E-state index is 12.2. The van der Waals surface area contributed by atoms with Gasteiger partial charge in [0.15, 0.2) is 5.82 Å². The van der Waals surface area contributed by atoms with Gasteiger partial charge in [-0.3, -0.25) is 9.71 Å². The van der Waals surface area contributed by atoms with E-state index in [9.17, 15) is 8.42 Å². The monoisotopic (exact) mass is 376 g/mol. The Balaban J connectivity index is 2.14. The van der Waals surface area contributed by atoms with E-state index in [1.807, 2.05) is 13.8 Å². The third kappa shape index (κ3) is 4.84. The topological polar surface area (TPSA) is 94.1 Å². The van der Waals surface area contributed by atoms with Crippen molar-refractivity contribution in [3.8, 4) is 11.5 Å². The molecule has 126 valence electrons. The van der Waals surface area contributed by atoms with Gasteiger partial charge >= 0.3 is 0 Å². The number of pyridine rings is 1. The predicted octanol–water partition coefficient (Wildman–Crippen LogP) is 2.67. The summed E-state index contributed by atoms with van der Waals surface area (Å²) in [4.78, 5) is 8.23. The van der Waals surface area contributed by atoms with E-state index in [1.54, 1.807) is 18.3 Å². The molecular formula is C13H17ClN4O3S2. The van der Waals surface area contributed by atoms with Crippen LogP contribution in [-0.2, 0) is 14.8 Å². The molecule has 0 aliphatic rings. The molecule has 0 spiro atoms. The Labute approximate surface area is 144 Å². The van der Waals surface area contributed by atoms with Gasteiger partial charge in [-0.15, -0.1) is 0 Å². The minimum Gasteiger partial charge on any atom is -0.380 e. The first-order valence-electron chi connectivity index (χ1n) is 6.80. The van der Waals surface area contributed by atoms with Gasteiger partial charge in [0, 0.05) is 24.8 Å². The molecule has 1 atom stereocenters. The Bertz CT molecular complexity index is 764. The first kappa shape index (κ1) is 18.1. The van der Waals surface area contributed by atoms with Gasteiger partial charge in [-0.05, 0) is 18.1 Å². The van der Waals surface area contributed by atoms with Crippen LogP contribution in [0.5, 0.6) is 0 Å². The van der Waals surface area contributed by atoms with Gasteiger partial charge in [-0.1, -0.05) is 25.4 Å². The molecule has 1 N–H and O–H groups in total. The second-order valence-electron chi connectivity index (χ2n) is 5.16. The van der Waals surface area contributed by atoms with Crippen LogP contribution in [0.2, 0.25) is 5.02 Å². The SMILES string of the molecule is COC(CS(=O)(=O)Nc1nc(-c2ncccc2Cl)ns1)C(C)C. The largest absolute Gasteiger partial charge is 0.380 e. The number of methoxy groups -OCH3 is 1. The Morgan fingerprint density at radius 3 is 2.78 bits per heavy atom. The van der Waals surface area contributed by atoms with Gasteiger partial charge in [-0.25, -0.2) is 8.42 Å². The third-order valence-electron chi connectivity index (χ3n) is 3.07. The number of aromatic nitrogens is 3. The van der Waals surface area contributed by atoms with Gasteiger partial charge in [-0.2, -0.15) is 9.36 Å². The van der Waals surface area contributed by atoms with E-state index < -0.39 is 16.1 Å². The fourth-order valence-corrected chi connectivity index (χ4v) is 4.35. The highest BCUT2D eigenvalue weighted by Crippen LogP contribution is 2.26. The van der Waals surface area contributed by atoms with E-state index in [1.165, 1.54) is 7.11 Å². The Kier molecular flexibility index (Phi) is 5.90. The number of nitrogens with one attached hydrogen (secondary N) is 1. The molecule has 2 rings (SSSR count). The normalized spacial score (nSPS) is 13.3. The Morgan fingerprint density at radius 1 is 1.43 bits per heavy atom. The lowest BCUT2D eigenvalue weighted by molar-refractivity contribution is 0.0829. The van der Waals surface area contributed by atoms with Crippen LogP contribution >= 0.6 is 23.1 Å². The van der Waals surface area contributed by atoms with Crippen molar-refractivity contribution in [2.24, 2.45) is 5.92 Å². The van der Waals surface area contributed by atoms with Crippen molar-refractivity contribution in [2.45, 2.75) is 20.0 Å². The molecule has 0 amide bonds. The van der Waals surface area contributed by atoms with Crippen LogP contribution < -0.4 is 4.72 Å². The zero-order valence-electron chi connectivity index (χ0n) is 12.9. The molecule has 0 fully saturated rings. The number of hydrogen-bond acceptors (Lipinski definition) is 7. The average Bonchev–Trinajstić information content (AvgIpc) is 2.92. The summed E-state index contributed by atoms with van der Waals surface area (Å²) in [6, 6.07) is 3.36. The second kappa shape index (κ2) is 7.52. The van der Waals surface area contributed by atoms with Crippen LogP contribution in [0.3, 0.4) is 0 Å². The third-order valence-corrected chi connectivity index (χ3v) is 5.41. The molecule has 2 aromatic rings. The molecule has 0 aliphatic heterocycles. The van der Waals surface area contributed by atoms with Crippen molar-refractivity contribution in [3.05, 3.63) is 23.4 Å². The molecule has 7 nitrogen and oxygen atoms in total. The van der Waals surface area contributed by atoms with E-state index in [0.29, 0.717) is 10.7 Å². The van der Waals surface area contributed by atoms with Gasteiger partial charge in [0.05, 0.1) is 16.9 Å². The number of anilines is 1. The standard InChI is InChI=1S/C13H17ClN4O3S2/c1-8(2)10(21-3)7-23(19,20)18-13-16-12(17-22-13)11-9(14)5-4-6-15-11/h4-6,8,10H,7H2,1-3H3,(H,16,17,18). The molecule has 23 heavy (non-hydrogen) atoms. The minimum absolute atomic E-state index is 0.0777. The summed E-state index contributed by atoms with van der Waals surface area (Å²) in [5, 5.41) is 0.569. The lowest BCUT2D eigenvalue weighted by Crippen LogP contribution is -2.31. The highest BCUT2D eigenvalue weighted by molar-refractivity contribution is 7.92. The lowest BCUT2D eigenvalue weighted by atomic mass is 10.1. The summed E-state index contributed by atoms with van der Waals surface area (Å²) in [5.41, 5.74) is 0.410. The van der Waals surface area contributed by atoms with E-state index in [0.717, 1.165) is 11.5 Å². The number of rotatable bonds is 7. The molecule has 0 aromatic carbocycles. The highest BCUT2D eigenvalue weighted by atomic mass is 35.5. The predicted molar refractivity (Wildman–Crippen MR) is 91.2 cm³/mol. The molecule has 10 heteroatoms. The smallest absolute Gasteiger partial charge is 0.237 e. The van der Waals surface area contributed by atoms with Gasteiger partial charge in [0.2, 0.25) is 15.2 Å². The number of sulfonamides is 1. The van der Waals surface area contributed by atoms with Crippen LogP contribution in [0.1, 0.15) is 13.8 Å². The van der Waals surface area contributed by atoms with Gasteiger partial charge < -0.3 is 4.74 Å². The van der Waals surface area contributed by atoms with E-state index in [4.69, 9.17) is 16.3 Å². The fourth-order valence-electron chi connectivity index (χ4n) is 1.83. The molecule has 0 saturated heterocycles. The van der Waals surface area contributed by atoms with Crippen LogP contribution in [0.25, 0.3) is 11.5 Å². The Hall–Kier alpha value is -1.29. The summed E-state index contributed by atoms with van der Waals surface area (Å²) in [6.07, 6.45) is 1.17. The van der Waals surface area contributed by atoms with Crippen LogP contribution in [0.4, 0.5) is 5.13 Å². The van der Waals surface area contributed by atoms with Gasteiger partial charge in [0.25, 0.3) is 0 Å². The fraction of sp³-hybridized carbons (Fsp3) is 0.462. The van der Waals surface area contributed by atoms with Crippen molar-refractivity contribution in [1.82, 2.24) is 14.3 Å². The van der Waals surface area contributed by atoms with E-state index >= 15 is 0 Å². The first-order chi connectivity index (χ1) is 10.8. The zero-order valence-corrected chi connectivity index (χ0v) is 15.2. The molecule has 0 bridgehead atoms. The van der Waals surface area contributed by atoms with E-state index in [2.05, 4.69) is 19.1 Å². The molecular weight excluding hydrogens is 360 g/mol. The number of halogens is 1. The average molecular weight is 377 g/mol. The second-order valence-corrected chi connectivity index (χ2v) is 8.08. The summed E-state index contributed by atoms with van der Waals surface area (Å²) in [7, 11) is -2.10. The van der Waals surface area contributed by atoms with Crippen molar-refractivity contribution in [1.29, 1.82) is 0 Å². The molecule has 1 unspecified atom stereocenters. The van der Waals surface area contributed by atoms with E-state index in [-0.39, 0.29) is 22.6 Å². The summed E-state index contributed by atoms with van der Waals surface area (Å²) >= 11 is 6.96. The Morgan fingerprint density at radius 2 is 2.17 bits per heavy atom. The maximum absolute atomic E-state index is 12.2. The van der Waals surface area contributed by atoms with Crippen molar-refractivity contribution >= 4 is 38.3 Å². The number of hydrogen-bond donors (Lipinski definition) is 1. The molecule has 2 heterocycles. The summed E-state index contributed by atoms with van der Waals surface area (Å²) in [5.74, 6) is 0.208. The van der Waals surface area contributed by atoms with Crippen molar-refractivity contribution in [3.63, 3.8) is 0 Å². The first-order valence-corrected chi connectivity index (χ1v) is 9.60. The molecule has 0 saturated carbocycles. The van der Waals surface area contributed by atoms with Crippen LogP contribution in [-0.4, -0.2) is 41.7 Å². The number of nitrogens with zero attached hydrogens (tertiary/aromatic N) is 3. The van der Waals surface area contributed by atoms with Crippen molar-refractivity contribution < 1.29 is 13.2 Å². The zero-order chi connectivity index (χ0) is 17.0. The quantitative estimate of drug-likeness (QED) is 0.798. The van der Waals surface area contributed by atoms with Crippen molar-refractivity contribution in [2.75, 3.05) is 17.6 Å². The lowest BCUT2D eigenvalue weighted by Gasteiger charge is -2.18. The highest BCUT2D eigenvalue weighted by Gasteiger charge is 2.23. The summed E-state index contributed by atoms with van der Waals surface area (Å²) in [6.45, 7) is 3.80. The van der Waals surface area contributed by atoms with Gasteiger partial charge in [0.1, 0.15) is 5.69 Å². The van der Waals surface area contributed by atoms with Crippen LogP contribution in [0, 0.1) is 5.92 Å². The molecule has 2 aromatic heterocycles. The maximum Gasteiger partial charge on any atom is 0.237 e. The van der Waals surface area contributed by atoms with Crippen LogP contribution in [0.15, 0.2) is 18.3 Å². The number of ether oxygens (including phenoxy) is 1. The molecule has 0 aliphatic carbocycles. The molecule has 0 radical (unpaired) electrons.